The van der Waals surface area contributed by atoms with Crippen LogP contribution in [0.5, 0.6) is 5.75 Å². The zero-order valence-corrected chi connectivity index (χ0v) is 13.2. The van der Waals surface area contributed by atoms with Gasteiger partial charge in [-0.15, -0.1) is 11.6 Å². The number of carbonyl (C=O) groups excluding carboxylic acids is 1. The molecule has 3 unspecified atom stereocenters. The largest absolute Gasteiger partial charge is 0.492 e. The maximum atomic E-state index is 12.7. The van der Waals surface area contributed by atoms with Gasteiger partial charge in [0.15, 0.2) is 0 Å². The van der Waals surface area contributed by atoms with E-state index in [0.29, 0.717) is 6.61 Å². The average molecular weight is 308 g/mol. The fraction of sp³-hybridized carbons (Fsp3) is 0.588. The number of benzene rings is 1. The third-order valence-electron chi connectivity index (χ3n) is 4.72. The summed E-state index contributed by atoms with van der Waals surface area (Å²) in [6.45, 7) is 0.472. The van der Waals surface area contributed by atoms with Crippen molar-refractivity contribution in [3.05, 3.63) is 29.8 Å². The van der Waals surface area contributed by atoms with E-state index < -0.39 is 0 Å². The molecular formula is C17H22ClNO2. The summed E-state index contributed by atoms with van der Waals surface area (Å²) in [5.41, 5.74) is 1.13. The first kappa shape index (κ1) is 14.7. The van der Waals surface area contributed by atoms with Gasteiger partial charge in [-0.05, 0) is 30.9 Å². The molecular weight excluding hydrogens is 286 g/mol. The third-order valence-corrected chi connectivity index (χ3v) is 5.23. The van der Waals surface area contributed by atoms with Crippen LogP contribution in [0.2, 0.25) is 0 Å². The average Bonchev–Trinajstić information content (AvgIpc) is 2.53. The van der Waals surface area contributed by atoms with Crippen molar-refractivity contribution < 1.29 is 9.53 Å². The van der Waals surface area contributed by atoms with Crippen LogP contribution in [0.25, 0.3) is 0 Å². The molecule has 1 heterocycles. The zero-order valence-electron chi connectivity index (χ0n) is 12.4. The van der Waals surface area contributed by atoms with Gasteiger partial charge in [-0.3, -0.25) is 4.79 Å². The molecule has 0 N–H and O–H groups in total. The van der Waals surface area contributed by atoms with E-state index >= 15 is 0 Å². The van der Waals surface area contributed by atoms with E-state index in [1.54, 1.807) is 0 Å². The SMILES string of the molecule is CN(C(=O)C1COc2ccccc2C1)C1CCCCC1Cl. The van der Waals surface area contributed by atoms with E-state index in [2.05, 4.69) is 0 Å². The van der Waals surface area contributed by atoms with Gasteiger partial charge in [-0.25, -0.2) is 0 Å². The highest BCUT2D eigenvalue weighted by atomic mass is 35.5. The van der Waals surface area contributed by atoms with Crippen LogP contribution in [-0.4, -0.2) is 35.9 Å². The molecule has 1 aromatic carbocycles. The summed E-state index contributed by atoms with van der Waals surface area (Å²) in [5.74, 6) is 0.995. The lowest BCUT2D eigenvalue weighted by atomic mass is 9.91. The lowest BCUT2D eigenvalue weighted by molar-refractivity contribution is -0.138. The topological polar surface area (TPSA) is 29.5 Å². The number of alkyl halides is 1. The molecule has 1 aliphatic heterocycles. The molecule has 0 spiro atoms. The van der Waals surface area contributed by atoms with Crippen LogP contribution in [0.1, 0.15) is 31.2 Å². The molecule has 1 amide bonds. The number of fused-ring (bicyclic) bond motifs is 1. The van der Waals surface area contributed by atoms with E-state index in [4.69, 9.17) is 16.3 Å². The van der Waals surface area contributed by atoms with Crippen molar-refractivity contribution in [3.63, 3.8) is 0 Å². The van der Waals surface area contributed by atoms with Crippen LogP contribution in [0.3, 0.4) is 0 Å². The normalized spacial score (nSPS) is 28.4. The third kappa shape index (κ3) is 3.03. The second-order valence-electron chi connectivity index (χ2n) is 6.14. The molecule has 3 rings (SSSR count). The van der Waals surface area contributed by atoms with Gasteiger partial charge in [0.1, 0.15) is 12.4 Å². The first-order valence-electron chi connectivity index (χ1n) is 7.78. The Balaban J connectivity index is 1.68. The highest BCUT2D eigenvalue weighted by molar-refractivity contribution is 6.21. The van der Waals surface area contributed by atoms with Crippen molar-refractivity contribution in [2.45, 2.75) is 43.5 Å². The Morgan fingerprint density at radius 1 is 1.29 bits per heavy atom. The number of nitrogens with zero attached hydrogens (tertiary/aromatic N) is 1. The summed E-state index contributed by atoms with van der Waals surface area (Å²) in [6, 6.07) is 8.14. The highest BCUT2D eigenvalue weighted by Crippen LogP contribution is 2.31. The van der Waals surface area contributed by atoms with Gasteiger partial charge in [-0.2, -0.15) is 0 Å². The molecule has 1 aromatic rings. The number of amides is 1. The molecule has 3 nitrogen and oxygen atoms in total. The molecule has 0 radical (unpaired) electrons. The smallest absolute Gasteiger partial charge is 0.229 e. The molecule has 114 valence electrons. The maximum Gasteiger partial charge on any atom is 0.229 e. The van der Waals surface area contributed by atoms with E-state index in [9.17, 15) is 4.79 Å². The first-order chi connectivity index (χ1) is 10.2. The molecule has 0 aromatic heterocycles. The predicted octanol–water partition coefficient (Wildman–Crippen LogP) is 3.25. The van der Waals surface area contributed by atoms with Crippen molar-refractivity contribution in [1.82, 2.24) is 4.90 Å². The summed E-state index contributed by atoms with van der Waals surface area (Å²) < 4.78 is 5.74. The molecule has 21 heavy (non-hydrogen) atoms. The second-order valence-corrected chi connectivity index (χ2v) is 6.70. The quantitative estimate of drug-likeness (QED) is 0.785. The van der Waals surface area contributed by atoms with Crippen molar-refractivity contribution in [2.75, 3.05) is 13.7 Å². The van der Waals surface area contributed by atoms with E-state index in [-0.39, 0.29) is 23.2 Å². The van der Waals surface area contributed by atoms with Crippen LogP contribution < -0.4 is 4.74 Å². The van der Waals surface area contributed by atoms with E-state index in [1.165, 1.54) is 6.42 Å². The minimum Gasteiger partial charge on any atom is -0.492 e. The molecule has 1 aliphatic carbocycles. The lowest BCUT2D eigenvalue weighted by Crippen LogP contribution is -2.48. The Morgan fingerprint density at radius 3 is 2.86 bits per heavy atom. The highest BCUT2D eigenvalue weighted by Gasteiger charge is 2.34. The summed E-state index contributed by atoms with van der Waals surface area (Å²) in [4.78, 5) is 14.6. The molecule has 3 atom stereocenters. The molecule has 1 fully saturated rings. The van der Waals surface area contributed by atoms with Crippen molar-refractivity contribution in [3.8, 4) is 5.75 Å². The van der Waals surface area contributed by atoms with Crippen LogP contribution in [-0.2, 0) is 11.2 Å². The zero-order chi connectivity index (χ0) is 14.8. The van der Waals surface area contributed by atoms with Crippen molar-refractivity contribution in [1.29, 1.82) is 0 Å². The van der Waals surface area contributed by atoms with Gasteiger partial charge in [0.2, 0.25) is 5.91 Å². The molecule has 0 saturated heterocycles. The van der Waals surface area contributed by atoms with Gasteiger partial charge in [0.25, 0.3) is 0 Å². The molecule has 1 saturated carbocycles. The van der Waals surface area contributed by atoms with Gasteiger partial charge in [0.05, 0.1) is 11.3 Å². The predicted molar refractivity (Wildman–Crippen MR) is 83.8 cm³/mol. The minimum atomic E-state index is -0.0873. The van der Waals surface area contributed by atoms with Gasteiger partial charge >= 0.3 is 0 Å². The number of carbonyl (C=O) groups is 1. The van der Waals surface area contributed by atoms with E-state index in [1.807, 2.05) is 36.2 Å². The van der Waals surface area contributed by atoms with Crippen molar-refractivity contribution in [2.24, 2.45) is 5.92 Å². The number of hydrogen-bond donors (Lipinski definition) is 0. The molecule has 4 heteroatoms. The summed E-state index contributed by atoms with van der Waals surface area (Å²) in [7, 11) is 1.90. The number of rotatable bonds is 2. The summed E-state index contributed by atoms with van der Waals surface area (Å²) >= 11 is 6.42. The van der Waals surface area contributed by atoms with Gasteiger partial charge in [0, 0.05) is 13.1 Å². The molecule has 0 bridgehead atoms. The molecule has 2 aliphatic rings. The standard InChI is InChI=1S/C17H22ClNO2/c1-19(15-8-4-3-7-14(15)18)17(20)13-10-12-6-2-5-9-16(12)21-11-13/h2,5-6,9,13-15H,3-4,7-8,10-11H2,1H3. The second kappa shape index (κ2) is 6.27. The van der Waals surface area contributed by atoms with Crippen LogP contribution in [0.15, 0.2) is 24.3 Å². The Labute approximate surface area is 131 Å². The Kier molecular flexibility index (Phi) is 4.39. The number of para-hydroxylation sites is 1. The Bertz CT molecular complexity index is 519. The summed E-state index contributed by atoms with van der Waals surface area (Å²) in [6.07, 6.45) is 5.12. The number of ether oxygens (including phenoxy) is 1. The maximum absolute atomic E-state index is 12.7. The van der Waals surface area contributed by atoms with Crippen LogP contribution >= 0.6 is 11.6 Å². The van der Waals surface area contributed by atoms with E-state index in [0.717, 1.165) is 37.0 Å². The van der Waals surface area contributed by atoms with Crippen LogP contribution in [0.4, 0.5) is 0 Å². The number of hydrogen-bond acceptors (Lipinski definition) is 2. The summed E-state index contributed by atoms with van der Waals surface area (Å²) in [5, 5.41) is 0.0875. The van der Waals surface area contributed by atoms with Gasteiger partial charge in [-0.1, -0.05) is 31.0 Å². The number of halogens is 1. The first-order valence-corrected chi connectivity index (χ1v) is 8.22. The van der Waals surface area contributed by atoms with Crippen molar-refractivity contribution >= 4 is 17.5 Å². The Morgan fingerprint density at radius 2 is 2.05 bits per heavy atom. The Hall–Kier alpha value is -1.22. The fourth-order valence-electron chi connectivity index (χ4n) is 3.44. The minimum absolute atomic E-state index is 0.0873. The lowest BCUT2D eigenvalue weighted by Gasteiger charge is -2.37. The van der Waals surface area contributed by atoms with Crippen LogP contribution in [0, 0.1) is 5.92 Å². The van der Waals surface area contributed by atoms with Gasteiger partial charge < -0.3 is 9.64 Å². The fourth-order valence-corrected chi connectivity index (χ4v) is 3.89. The monoisotopic (exact) mass is 307 g/mol.